The molecule has 106 valence electrons. The van der Waals surface area contributed by atoms with Crippen LogP contribution in [-0.2, 0) is 11.2 Å². The Bertz CT molecular complexity index is 428. The highest BCUT2D eigenvalue weighted by atomic mass is 19.4. The minimum atomic E-state index is -4.85. The first-order valence-electron chi connectivity index (χ1n) is 5.42. The fourth-order valence-corrected chi connectivity index (χ4v) is 1.58. The van der Waals surface area contributed by atoms with Crippen LogP contribution in [0.4, 0.5) is 17.6 Å². The number of carboxylic acid groups (broad SMARTS) is 1. The Kier molecular flexibility index (Phi) is 4.88. The molecule has 0 amide bonds. The molecular formula is C12H12F4O3. The number of rotatable bonds is 5. The van der Waals surface area contributed by atoms with Crippen molar-refractivity contribution < 1.29 is 32.6 Å². The van der Waals surface area contributed by atoms with E-state index in [9.17, 15) is 22.4 Å². The smallest absolute Gasteiger partial charge is 0.414 e. The summed E-state index contributed by atoms with van der Waals surface area (Å²) >= 11 is 0. The van der Waals surface area contributed by atoms with Crippen molar-refractivity contribution in [2.24, 2.45) is 5.92 Å². The van der Waals surface area contributed by atoms with Crippen LogP contribution in [0.1, 0.15) is 12.0 Å². The average Bonchev–Trinajstić information content (AvgIpc) is 2.29. The molecular weight excluding hydrogens is 268 g/mol. The minimum Gasteiger partial charge on any atom is -0.481 e. The van der Waals surface area contributed by atoms with Gasteiger partial charge in [-0.3, -0.25) is 4.79 Å². The van der Waals surface area contributed by atoms with E-state index in [0.717, 1.165) is 12.1 Å². The van der Waals surface area contributed by atoms with E-state index in [-0.39, 0.29) is 6.42 Å². The molecule has 0 radical (unpaired) electrons. The van der Waals surface area contributed by atoms with Gasteiger partial charge < -0.3 is 10.2 Å². The highest BCUT2D eigenvalue weighted by Crippen LogP contribution is 2.26. The maximum atomic E-state index is 12.6. The van der Waals surface area contributed by atoms with Gasteiger partial charge in [0.25, 0.3) is 0 Å². The van der Waals surface area contributed by atoms with Crippen molar-refractivity contribution >= 4 is 5.97 Å². The number of carbonyl (C=O) groups is 1. The summed E-state index contributed by atoms with van der Waals surface area (Å²) in [6.45, 7) is 0. The number of aliphatic hydroxyl groups excluding tert-OH is 1. The van der Waals surface area contributed by atoms with Crippen molar-refractivity contribution in [3.05, 3.63) is 35.6 Å². The molecule has 19 heavy (non-hydrogen) atoms. The van der Waals surface area contributed by atoms with E-state index in [1.165, 1.54) is 12.1 Å². The second kappa shape index (κ2) is 6.01. The van der Waals surface area contributed by atoms with Crippen LogP contribution in [0.2, 0.25) is 0 Å². The van der Waals surface area contributed by atoms with Gasteiger partial charge in [-0.15, -0.1) is 0 Å². The third-order valence-electron chi connectivity index (χ3n) is 2.63. The second-order valence-corrected chi connectivity index (χ2v) is 4.16. The maximum Gasteiger partial charge on any atom is 0.414 e. The number of aliphatic hydroxyl groups is 1. The Morgan fingerprint density at radius 1 is 1.21 bits per heavy atom. The number of halogens is 4. The Balaban J connectivity index is 2.74. The summed E-state index contributed by atoms with van der Waals surface area (Å²) in [5, 5.41) is 17.7. The van der Waals surface area contributed by atoms with E-state index in [1.54, 1.807) is 0 Å². The van der Waals surface area contributed by atoms with E-state index in [4.69, 9.17) is 10.2 Å². The van der Waals surface area contributed by atoms with E-state index in [1.807, 2.05) is 0 Å². The van der Waals surface area contributed by atoms with Gasteiger partial charge in [0, 0.05) is 0 Å². The zero-order chi connectivity index (χ0) is 14.6. The molecule has 0 saturated heterocycles. The summed E-state index contributed by atoms with van der Waals surface area (Å²) < 4.78 is 49.2. The molecule has 0 spiro atoms. The van der Waals surface area contributed by atoms with Crippen LogP contribution >= 0.6 is 0 Å². The molecule has 3 nitrogen and oxygen atoms in total. The summed E-state index contributed by atoms with van der Waals surface area (Å²) in [5.74, 6) is -3.35. The topological polar surface area (TPSA) is 57.5 Å². The molecule has 0 heterocycles. The van der Waals surface area contributed by atoms with Crippen molar-refractivity contribution in [3.8, 4) is 0 Å². The molecule has 1 rings (SSSR count). The summed E-state index contributed by atoms with van der Waals surface area (Å²) in [7, 11) is 0. The van der Waals surface area contributed by atoms with E-state index >= 15 is 0 Å². The van der Waals surface area contributed by atoms with Gasteiger partial charge in [0.15, 0.2) is 6.10 Å². The van der Waals surface area contributed by atoms with Crippen molar-refractivity contribution in [2.45, 2.75) is 25.1 Å². The summed E-state index contributed by atoms with van der Waals surface area (Å²) in [6, 6.07) is 4.78. The van der Waals surface area contributed by atoms with Crippen LogP contribution in [0.3, 0.4) is 0 Å². The molecule has 0 aliphatic carbocycles. The number of benzene rings is 1. The normalized spacial score (nSPS) is 15.0. The fraction of sp³-hybridized carbons (Fsp3) is 0.417. The predicted molar refractivity (Wildman–Crippen MR) is 57.9 cm³/mol. The molecule has 2 unspecified atom stereocenters. The lowest BCUT2D eigenvalue weighted by molar-refractivity contribution is -0.209. The molecule has 7 heteroatoms. The van der Waals surface area contributed by atoms with Gasteiger partial charge in [-0.25, -0.2) is 4.39 Å². The summed E-state index contributed by atoms with van der Waals surface area (Å²) in [5.41, 5.74) is 0.392. The quantitative estimate of drug-likeness (QED) is 0.814. The summed E-state index contributed by atoms with van der Waals surface area (Å²) in [6.07, 6.45) is -8.68. The first-order chi connectivity index (χ1) is 8.70. The van der Waals surface area contributed by atoms with Gasteiger partial charge in [-0.2, -0.15) is 13.2 Å². The van der Waals surface area contributed by atoms with Crippen LogP contribution < -0.4 is 0 Å². The number of carboxylic acids is 1. The molecule has 2 N–H and O–H groups in total. The van der Waals surface area contributed by atoms with Crippen LogP contribution in [-0.4, -0.2) is 28.5 Å². The predicted octanol–water partition coefficient (Wildman–Crippen LogP) is 2.38. The lowest BCUT2D eigenvalue weighted by Gasteiger charge is -2.19. The van der Waals surface area contributed by atoms with Crippen molar-refractivity contribution in [1.82, 2.24) is 0 Å². The molecule has 0 aromatic heterocycles. The standard InChI is InChI=1S/C12H12F4O3/c13-9-3-1-7(2-4-9)5-8(11(18)19)6-10(17)12(14,15)16/h1-4,8,10,17H,5-6H2,(H,18,19). The number of hydrogen-bond acceptors (Lipinski definition) is 2. The van der Waals surface area contributed by atoms with Crippen LogP contribution in [0, 0.1) is 11.7 Å². The van der Waals surface area contributed by atoms with E-state index in [0.29, 0.717) is 5.56 Å². The summed E-state index contributed by atoms with van der Waals surface area (Å²) in [4.78, 5) is 10.9. The molecule has 0 bridgehead atoms. The molecule has 1 aromatic rings. The first kappa shape index (κ1) is 15.4. The Hall–Kier alpha value is -1.63. The lowest BCUT2D eigenvalue weighted by Crippen LogP contribution is -2.33. The van der Waals surface area contributed by atoms with E-state index in [2.05, 4.69) is 0 Å². The van der Waals surface area contributed by atoms with Gasteiger partial charge in [-0.1, -0.05) is 12.1 Å². The lowest BCUT2D eigenvalue weighted by atomic mass is 9.93. The zero-order valence-corrected chi connectivity index (χ0v) is 9.69. The van der Waals surface area contributed by atoms with Gasteiger partial charge in [0.1, 0.15) is 5.82 Å². The highest BCUT2D eigenvalue weighted by molar-refractivity contribution is 5.70. The molecule has 0 aliphatic rings. The minimum absolute atomic E-state index is 0.206. The SMILES string of the molecule is O=C(O)C(Cc1ccc(F)cc1)CC(O)C(F)(F)F. The molecule has 2 atom stereocenters. The average molecular weight is 280 g/mol. The molecule has 0 aliphatic heterocycles. The second-order valence-electron chi connectivity index (χ2n) is 4.16. The van der Waals surface area contributed by atoms with Gasteiger partial charge >= 0.3 is 12.1 Å². The van der Waals surface area contributed by atoms with Gasteiger partial charge in [-0.05, 0) is 30.5 Å². The fourth-order valence-electron chi connectivity index (χ4n) is 1.58. The Morgan fingerprint density at radius 2 is 1.74 bits per heavy atom. The molecule has 0 saturated carbocycles. The highest BCUT2D eigenvalue weighted by Gasteiger charge is 2.40. The zero-order valence-electron chi connectivity index (χ0n) is 9.69. The monoisotopic (exact) mass is 280 g/mol. The van der Waals surface area contributed by atoms with Crippen molar-refractivity contribution in [3.63, 3.8) is 0 Å². The van der Waals surface area contributed by atoms with E-state index < -0.39 is 36.4 Å². The number of alkyl halides is 3. The number of hydrogen-bond donors (Lipinski definition) is 2. The molecule has 1 aromatic carbocycles. The molecule has 0 fully saturated rings. The van der Waals surface area contributed by atoms with Crippen molar-refractivity contribution in [2.75, 3.05) is 0 Å². The maximum absolute atomic E-state index is 12.6. The third-order valence-corrected chi connectivity index (χ3v) is 2.63. The Labute approximate surface area is 106 Å². The van der Waals surface area contributed by atoms with Crippen LogP contribution in [0.5, 0.6) is 0 Å². The first-order valence-corrected chi connectivity index (χ1v) is 5.42. The number of aliphatic carboxylic acids is 1. The van der Waals surface area contributed by atoms with Crippen LogP contribution in [0.15, 0.2) is 24.3 Å². The van der Waals surface area contributed by atoms with Crippen LogP contribution in [0.25, 0.3) is 0 Å². The third kappa shape index (κ3) is 4.86. The van der Waals surface area contributed by atoms with Gasteiger partial charge in [0.05, 0.1) is 5.92 Å². The van der Waals surface area contributed by atoms with Crippen molar-refractivity contribution in [1.29, 1.82) is 0 Å². The largest absolute Gasteiger partial charge is 0.481 e. The van der Waals surface area contributed by atoms with Gasteiger partial charge in [0.2, 0.25) is 0 Å². The Morgan fingerprint density at radius 3 is 2.16 bits per heavy atom.